The highest BCUT2D eigenvalue weighted by molar-refractivity contribution is 6.18. The van der Waals surface area contributed by atoms with Crippen molar-refractivity contribution in [1.82, 2.24) is 10.2 Å². The van der Waals surface area contributed by atoms with Crippen molar-refractivity contribution in [3.05, 3.63) is 35.6 Å². The van der Waals surface area contributed by atoms with E-state index in [-0.39, 0.29) is 23.5 Å². The Bertz CT molecular complexity index is 507. The molecule has 1 heterocycles. The second-order valence-electron chi connectivity index (χ2n) is 5.21. The van der Waals surface area contributed by atoms with Crippen LogP contribution in [0.25, 0.3) is 0 Å². The summed E-state index contributed by atoms with van der Waals surface area (Å²) in [6.45, 7) is 1.57. The molecule has 114 valence electrons. The van der Waals surface area contributed by atoms with Crippen molar-refractivity contribution in [3.8, 4) is 0 Å². The van der Waals surface area contributed by atoms with Crippen LogP contribution in [0.15, 0.2) is 24.3 Å². The molecule has 1 aromatic carbocycles. The zero-order chi connectivity index (χ0) is 15.2. The van der Waals surface area contributed by atoms with E-state index in [9.17, 15) is 14.0 Å². The Hall–Kier alpha value is -1.62. The van der Waals surface area contributed by atoms with E-state index in [0.717, 1.165) is 5.56 Å². The smallest absolute Gasteiger partial charge is 0.223 e. The monoisotopic (exact) mass is 312 g/mol. The van der Waals surface area contributed by atoms with Crippen molar-refractivity contribution in [2.75, 3.05) is 19.0 Å². The third-order valence-corrected chi connectivity index (χ3v) is 3.68. The third-order valence-electron chi connectivity index (χ3n) is 3.49. The lowest BCUT2D eigenvalue weighted by molar-refractivity contribution is -0.128. The summed E-state index contributed by atoms with van der Waals surface area (Å²) in [5.74, 6) is 0.112. The molecule has 1 aliphatic rings. The zero-order valence-corrected chi connectivity index (χ0v) is 12.4. The van der Waals surface area contributed by atoms with Gasteiger partial charge in [0.1, 0.15) is 5.82 Å². The summed E-state index contributed by atoms with van der Waals surface area (Å²) < 4.78 is 12.8. The molecule has 1 N–H and O–H groups in total. The normalized spacial score (nSPS) is 18.1. The molecule has 1 aromatic rings. The fourth-order valence-corrected chi connectivity index (χ4v) is 2.56. The van der Waals surface area contributed by atoms with Gasteiger partial charge < -0.3 is 10.2 Å². The van der Waals surface area contributed by atoms with Gasteiger partial charge >= 0.3 is 0 Å². The Morgan fingerprint density at radius 2 is 2.10 bits per heavy atom. The second-order valence-corrected chi connectivity index (χ2v) is 5.59. The van der Waals surface area contributed by atoms with E-state index >= 15 is 0 Å². The fourth-order valence-electron chi connectivity index (χ4n) is 2.39. The Kier molecular flexibility index (Phi) is 5.56. The number of benzene rings is 1. The van der Waals surface area contributed by atoms with E-state index in [0.29, 0.717) is 38.4 Å². The van der Waals surface area contributed by atoms with Gasteiger partial charge in [-0.2, -0.15) is 0 Å². The minimum Gasteiger partial charge on any atom is -0.356 e. The lowest BCUT2D eigenvalue weighted by Crippen LogP contribution is -2.31. The molecule has 1 aliphatic heterocycles. The maximum absolute atomic E-state index is 12.8. The van der Waals surface area contributed by atoms with Crippen molar-refractivity contribution in [2.45, 2.75) is 19.4 Å². The highest BCUT2D eigenvalue weighted by Crippen LogP contribution is 2.19. The molecular formula is C15H18ClFN2O2. The minimum absolute atomic E-state index is 0.0657. The third kappa shape index (κ3) is 4.70. The van der Waals surface area contributed by atoms with Gasteiger partial charge in [0.15, 0.2) is 0 Å². The number of nitrogens with zero attached hydrogens (tertiary/aromatic N) is 1. The fraction of sp³-hybridized carbons (Fsp3) is 0.467. The maximum atomic E-state index is 12.8. The average molecular weight is 313 g/mol. The molecular weight excluding hydrogens is 295 g/mol. The summed E-state index contributed by atoms with van der Waals surface area (Å²) in [5, 5.41) is 2.79. The van der Waals surface area contributed by atoms with Crippen LogP contribution in [0.2, 0.25) is 0 Å². The van der Waals surface area contributed by atoms with E-state index in [1.165, 1.54) is 12.1 Å². The summed E-state index contributed by atoms with van der Waals surface area (Å²) in [7, 11) is 0. The Morgan fingerprint density at radius 1 is 1.38 bits per heavy atom. The van der Waals surface area contributed by atoms with E-state index in [4.69, 9.17) is 11.6 Å². The number of likely N-dealkylation sites (tertiary alicyclic amines) is 1. The number of halogens is 2. The van der Waals surface area contributed by atoms with E-state index in [1.54, 1.807) is 17.0 Å². The number of rotatable bonds is 6. The summed E-state index contributed by atoms with van der Waals surface area (Å²) in [4.78, 5) is 25.0. The van der Waals surface area contributed by atoms with Crippen molar-refractivity contribution in [2.24, 2.45) is 5.92 Å². The predicted molar refractivity (Wildman–Crippen MR) is 78.3 cm³/mol. The van der Waals surface area contributed by atoms with Crippen LogP contribution in [0.5, 0.6) is 0 Å². The van der Waals surface area contributed by atoms with E-state index in [2.05, 4.69) is 5.32 Å². The second kappa shape index (κ2) is 7.41. The molecule has 21 heavy (non-hydrogen) atoms. The van der Waals surface area contributed by atoms with Crippen LogP contribution < -0.4 is 5.32 Å². The molecule has 1 fully saturated rings. The Labute approximate surface area is 128 Å². The Morgan fingerprint density at radius 3 is 2.76 bits per heavy atom. The number of hydrogen-bond acceptors (Lipinski definition) is 2. The molecule has 1 unspecified atom stereocenters. The standard InChI is InChI=1S/C15H18ClFN2O2/c16-6-5-14(20)18-8-12-7-15(21)19(10-12)9-11-1-3-13(17)4-2-11/h1-4,12H,5-10H2,(H,18,20). The highest BCUT2D eigenvalue weighted by atomic mass is 35.5. The Balaban J connectivity index is 1.82. The van der Waals surface area contributed by atoms with Crippen molar-refractivity contribution in [1.29, 1.82) is 0 Å². The van der Waals surface area contributed by atoms with Gasteiger partial charge in [-0.1, -0.05) is 12.1 Å². The first-order chi connectivity index (χ1) is 10.1. The lowest BCUT2D eigenvalue weighted by Gasteiger charge is -2.17. The summed E-state index contributed by atoms with van der Waals surface area (Å²) in [6.07, 6.45) is 0.726. The van der Waals surface area contributed by atoms with Crippen LogP contribution in [-0.4, -0.2) is 35.7 Å². The van der Waals surface area contributed by atoms with Crippen LogP contribution >= 0.6 is 11.6 Å². The molecule has 1 saturated heterocycles. The molecule has 0 aromatic heterocycles. The molecule has 0 saturated carbocycles. The molecule has 2 rings (SSSR count). The van der Waals surface area contributed by atoms with Gasteiger partial charge in [0.05, 0.1) is 0 Å². The molecule has 0 aliphatic carbocycles. The van der Waals surface area contributed by atoms with Gasteiger partial charge in [-0.15, -0.1) is 11.6 Å². The molecule has 6 heteroatoms. The van der Waals surface area contributed by atoms with Crippen LogP contribution in [0.1, 0.15) is 18.4 Å². The zero-order valence-electron chi connectivity index (χ0n) is 11.6. The highest BCUT2D eigenvalue weighted by Gasteiger charge is 2.29. The van der Waals surface area contributed by atoms with Gasteiger partial charge in [0.25, 0.3) is 0 Å². The lowest BCUT2D eigenvalue weighted by atomic mass is 10.1. The number of nitrogens with one attached hydrogen (secondary N) is 1. The van der Waals surface area contributed by atoms with Gasteiger partial charge in [0, 0.05) is 44.3 Å². The SMILES string of the molecule is O=C(CCCl)NCC1CC(=O)N(Cc2ccc(F)cc2)C1. The largest absolute Gasteiger partial charge is 0.356 e. The molecule has 0 radical (unpaired) electrons. The topological polar surface area (TPSA) is 49.4 Å². The number of hydrogen-bond donors (Lipinski definition) is 1. The van der Waals surface area contributed by atoms with E-state index < -0.39 is 0 Å². The predicted octanol–water partition coefficient (Wildman–Crippen LogP) is 1.92. The van der Waals surface area contributed by atoms with Gasteiger partial charge in [-0.25, -0.2) is 4.39 Å². The van der Waals surface area contributed by atoms with Crippen molar-refractivity contribution in [3.63, 3.8) is 0 Å². The summed E-state index contributed by atoms with van der Waals surface area (Å²) in [5.41, 5.74) is 0.900. The molecule has 0 bridgehead atoms. The number of carbonyl (C=O) groups is 2. The molecule has 2 amide bonds. The van der Waals surface area contributed by atoms with Gasteiger partial charge in [-0.05, 0) is 17.7 Å². The first kappa shape index (κ1) is 15.8. The van der Waals surface area contributed by atoms with E-state index in [1.807, 2.05) is 0 Å². The van der Waals surface area contributed by atoms with Crippen molar-refractivity contribution < 1.29 is 14.0 Å². The number of amides is 2. The quantitative estimate of drug-likeness (QED) is 0.816. The first-order valence-electron chi connectivity index (χ1n) is 6.93. The maximum Gasteiger partial charge on any atom is 0.223 e. The summed E-state index contributed by atoms with van der Waals surface area (Å²) in [6, 6.07) is 6.13. The molecule has 0 spiro atoms. The van der Waals surface area contributed by atoms with Crippen molar-refractivity contribution >= 4 is 23.4 Å². The van der Waals surface area contributed by atoms with Crippen LogP contribution in [0, 0.1) is 11.7 Å². The molecule has 4 nitrogen and oxygen atoms in total. The van der Waals surface area contributed by atoms with Crippen LogP contribution in [0.3, 0.4) is 0 Å². The minimum atomic E-state index is -0.286. The first-order valence-corrected chi connectivity index (χ1v) is 7.47. The number of carbonyl (C=O) groups excluding carboxylic acids is 2. The molecule has 1 atom stereocenters. The van der Waals surface area contributed by atoms with Crippen LogP contribution in [0.4, 0.5) is 4.39 Å². The van der Waals surface area contributed by atoms with Gasteiger partial charge in [-0.3, -0.25) is 9.59 Å². The van der Waals surface area contributed by atoms with Gasteiger partial charge in [0.2, 0.25) is 11.8 Å². The van der Waals surface area contributed by atoms with Crippen LogP contribution in [-0.2, 0) is 16.1 Å². The summed E-state index contributed by atoms with van der Waals surface area (Å²) >= 11 is 5.49. The average Bonchev–Trinajstić information content (AvgIpc) is 2.80. The number of alkyl halides is 1.